The maximum atomic E-state index is 11.3. The second-order valence-corrected chi connectivity index (χ2v) is 6.43. The maximum absolute atomic E-state index is 11.3. The minimum atomic E-state index is -1.05. The van der Waals surface area contributed by atoms with Crippen molar-refractivity contribution >= 4 is 11.9 Å². The van der Waals surface area contributed by atoms with Crippen LogP contribution < -0.4 is 0 Å². The van der Waals surface area contributed by atoms with E-state index in [9.17, 15) is 19.8 Å². The van der Waals surface area contributed by atoms with E-state index >= 15 is 0 Å². The summed E-state index contributed by atoms with van der Waals surface area (Å²) in [6, 6.07) is 0. The summed E-state index contributed by atoms with van der Waals surface area (Å²) in [7, 11) is 0. The fraction of sp³-hybridized carbons (Fsp3) is 0.875. The number of hydrogen-bond acceptors (Lipinski definition) is 9. The van der Waals surface area contributed by atoms with Crippen molar-refractivity contribution in [2.45, 2.75) is 89.7 Å². The molecule has 0 amide bonds. The lowest BCUT2D eigenvalue weighted by Crippen LogP contribution is -2.55. The topological polar surface area (TPSA) is 121 Å². The Hall–Kier alpha value is -1.26. The number of aliphatic hydroxyl groups is 2. The van der Waals surface area contributed by atoms with Crippen molar-refractivity contribution in [3.63, 3.8) is 0 Å². The molecule has 9 heteroatoms. The Labute approximate surface area is 146 Å². The Balaban J connectivity index is 2.06. The van der Waals surface area contributed by atoms with Crippen LogP contribution in [0.4, 0.5) is 0 Å². The van der Waals surface area contributed by atoms with Crippen molar-refractivity contribution < 1.29 is 43.5 Å². The van der Waals surface area contributed by atoms with Gasteiger partial charge in [0.1, 0.15) is 24.4 Å². The summed E-state index contributed by atoms with van der Waals surface area (Å²) in [5, 5.41) is 19.8. The van der Waals surface area contributed by atoms with Crippen molar-refractivity contribution in [3.05, 3.63) is 0 Å². The summed E-state index contributed by atoms with van der Waals surface area (Å²) in [4.78, 5) is 22.5. The average molecular weight is 362 g/mol. The van der Waals surface area contributed by atoms with Gasteiger partial charge >= 0.3 is 11.9 Å². The second-order valence-electron chi connectivity index (χ2n) is 6.43. The van der Waals surface area contributed by atoms with E-state index in [0.29, 0.717) is 0 Å². The van der Waals surface area contributed by atoms with E-state index in [4.69, 9.17) is 23.7 Å². The van der Waals surface area contributed by atoms with Crippen molar-refractivity contribution in [1.29, 1.82) is 0 Å². The summed E-state index contributed by atoms with van der Waals surface area (Å²) in [6.07, 6.45) is -5.89. The van der Waals surface area contributed by atoms with Crippen LogP contribution in [0.5, 0.6) is 0 Å². The number of rotatable bonds is 4. The first-order valence-corrected chi connectivity index (χ1v) is 8.34. The van der Waals surface area contributed by atoms with Crippen LogP contribution in [0.2, 0.25) is 0 Å². The summed E-state index contributed by atoms with van der Waals surface area (Å²) in [5.74, 6) is -1.00. The van der Waals surface area contributed by atoms with Gasteiger partial charge in [0.2, 0.25) is 0 Å². The fourth-order valence-corrected chi connectivity index (χ4v) is 3.14. The van der Waals surface area contributed by atoms with Crippen LogP contribution in [0, 0.1) is 0 Å². The van der Waals surface area contributed by atoms with E-state index < -0.39 is 61.1 Å². The molecule has 0 bridgehead atoms. The summed E-state index contributed by atoms with van der Waals surface area (Å²) in [5.41, 5.74) is 0. The number of hydrogen-bond donors (Lipinski definition) is 2. The zero-order valence-electron chi connectivity index (χ0n) is 14.8. The Morgan fingerprint density at radius 2 is 1.52 bits per heavy atom. The first kappa shape index (κ1) is 20.1. The molecule has 0 aliphatic carbocycles. The highest BCUT2D eigenvalue weighted by molar-refractivity contribution is 5.66. The molecule has 2 fully saturated rings. The zero-order valence-corrected chi connectivity index (χ0v) is 14.8. The van der Waals surface area contributed by atoms with Gasteiger partial charge in [-0.05, 0) is 13.8 Å². The highest BCUT2D eigenvalue weighted by Gasteiger charge is 2.44. The lowest BCUT2D eigenvalue weighted by Gasteiger charge is -2.42. The molecule has 0 saturated carbocycles. The van der Waals surface area contributed by atoms with Crippen molar-refractivity contribution in [3.8, 4) is 0 Å². The molecule has 0 radical (unpaired) electrons. The molecular formula is C16H26O9. The summed E-state index contributed by atoms with van der Waals surface area (Å²) >= 11 is 0. The van der Waals surface area contributed by atoms with Gasteiger partial charge in [-0.1, -0.05) is 0 Å². The van der Waals surface area contributed by atoms with Crippen molar-refractivity contribution in [2.24, 2.45) is 0 Å². The Kier molecular flexibility index (Phi) is 6.75. The highest BCUT2D eigenvalue weighted by Crippen LogP contribution is 2.30. The summed E-state index contributed by atoms with van der Waals surface area (Å²) in [6.45, 7) is 5.87. The first-order chi connectivity index (χ1) is 11.7. The maximum Gasteiger partial charge on any atom is 0.302 e. The third kappa shape index (κ3) is 5.35. The van der Waals surface area contributed by atoms with Gasteiger partial charge < -0.3 is 33.9 Å². The van der Waals surface area contributed by atoms with Crippen LogP contribution in [0.3, 0.4) is 0 Å². The van der Waals surface area contributed by atoms with Gasteiger partial charge in [-0.3, -0.25) is 9.59 Å². The smallest absolute Gasteiger partial charge is 0.302 e. The molecule has 8 atom stereocenters. The van der Waals surface area contributed by atoms with Gasteiger partial charge in [-0.2, -0.15) is 0 Å². The molecule has 144 valence electrons. The van der Waals surface area contributed by atoms with Crippen molar-refractivity contribution in [1.82, 2.24) is 0 Å². The Morgan fingerprint density at radius 3 is 2.12 bits per heavy atom. The number of carbonyl (C=O) groups excluding carboxylic acids is 2. The molecule has 0 aromatic carbocycles. The van der Waals surface area contributed by atoms with Crippen LogP contribution in [0.15, 0.2) is 0 Å². The third-order valence-electron chi connectivity index (χ3n) is 4.23. The molecule has 2 aliphatic rings. The van der Waals surface area contributed by atoms with Crippen LogP contribution in [0.1, 0.15) is 40.5 Å². The van der Waals surface area contributed by atoms with Crippen LogP contribution in [-0.4, -0.2) is 71.4 Å². The average Bonchev–Trinajstić information content (AvgIpc) is 2.46. The molecule has 2 rings (SSSR count). The van der Waals surface area contributed by atoms with Gasteiger partial charge in [-0.25, -0.2) is 0 Å². The third-order valence-corrected chi connectivity index (χ3v) is 4.23. The second kappa shape index (κ2) is 8.41. The predicted octanol–water partition coefficient (Wildman–Crippen LogP) is -0.142. The molecule has 2 heterocycles. The molecule has 2 N–H and O–H groups in total. The zero-order chi connectivity index (χ0) is 18.7. The molecule has 2 aliphatic heterocycles. The van der Waals surface area contributed by atoms with E-state index in [1.165, 1.54) is 13.8 Å². The molecule has 0 spiro atoms. The highest BCUT2D eigenvalue weighted by atomic mass is 16.7. The molecular weight excluding hydrogens is 336 g/mol. The van der Waals surface area contributed by atoms with Crippen LogP contribution >= 0.6 is 0 Å². The minimum absolute atomic E-state index is 0.0762. The van der Waals surface area contributed by atoms with E-state index in [1.807, 2.05) is 0 Å². The molecule has 2 saturated heterocycles. The van der Waals surface area contributed by atoms with Crippen LogP contribution in [-0.2, 0) is 33.3 Å². The fourth-order valence-electron chi connectivity index (χ4n) is 3.14. The van der Waals surface area contributed by atoms with Gasteiger partial charge in [0, 0.05) is 26.7 Å². The number of aliphatic hydroxyl groups excluding tert-OH is 2. The summed E-state index contributed by atoms with van der Waals surface area (Å²) < 4.78 is 27.2. The van der Waals surface area contributed by atoms with Gasteiger partial charge in [0.05, 0.1) is 12.2 Å². The van der Waals surface area contributed by atoms with E-state index in [1.54, 1.807) is 13.8 Å². The Bertz CT molecular complexity index is 482. The number of carbonyl (C=O) groups is 2. The number of ether oxygens (including phenoxy) is 5. The lowest BCUT2D eigenvalue weighted by molar-refractivity contribution is -0.308. The molecule has 0 aromatic rings. The normalized spacial score (nSPS) is 41.8. The lowest BCUT2D eigenvalue weighted by atomic mass is 10.00. The predicted molar refractivity (Wildman–Crippen MR) is 82.1 cm³/mol. The van der Waals surface area contributed by atoms with E-state index in [-0.39, 0.29) is 12.8 Å². The van der Waals surface area contributed by atoms with Gasteiger partial charge in [-0.15, -0.1) is 0 Å². The SMILES string of the molecule is CC(=O)O[C@H]1C[C@H](O[C@H]2[C@@H](OC(C)=O)C[C@H](O)O[C@@H]2C)O[C@H](C)[C@H]1O. The molecule has 0 unspecified atom stereocenters. The monoisotopic (exact) mass is 362 g/mol. The van der Waals surface area contributed by atoms with E-state index in [0.717, 1.165) is 0 Å². The molecule has 25 heavy (non-hydrogen) atoms. The molecule has 9 nitrogen and oxygen atoms in total. The minimum Gasteiger partial charge on any atom is -0.459 e. The van der Waals surface area contributed by atoms with Gasteiger partial charge in [0.15, 0.2) is 12.6 Å². The Morgan fingerprint density at radius 1 is 0.920 bits per heavy atom. The van der Waals surface area contributed by atoms with E-state index in [2.05, 4.69) is 0 Å². The molecule has 0 aromatic heterocycles. The van der Waals surface area contributed by atoms with Gasteiger partial charge in [0.25, 0.3) is 0 Å². The van der Waals surface area contributed by atoms with Crippen LogP contribution in [0.25, 0.3) is 0 Å². The largest absolute Gasteiger partial charge is 0.459 e. The first-order valence-electron chi connectivity index (χ1n) is 8.34. The standard InChI is InChI=1S/C16H26O9/c1-7-15(20)11(23-9(3)17)6-14(22-7)25-16-8(2)21-13(19)5-12(16)24-10(4)18/h7-8,11-16,19-20H,5-6H2,1-4H3/t7-,8-,11+,12+,13-,14+,15-,16-/m1/s1. The quantitative estimate of drug-likeness (QED) is 0.658. The number of esters is 2. The van der Waals surface area contributed by atoms with Crippen molar-refractivity contribution in [2.75, 3.05) is 0 Å².